The van der Waals surface area contributed by atoms with Gasteiger partial charge in [-0.05, 0) is 12.8 Å². The Bertz CT molecular complexity index is 391. The van der Waals surface area contributed by atoms with Crippen molar-refractivity contribution >= 4 is 10.1 Å². The van der Waals surface area contributed by atoms with Gasteiger partial charge < -0.3 is 9.47 Å². The summed E-state index contributed by atoms with van der Waals surface area (Å²) in [6, 6.07) is 0. The normalized spacial score (nSPS) is 28.6. The molecule has 2 rings (SSSR count). The highest BCUT2D eigenvalue weighted by molar-refractivity contribution is 7.85. The Morgan fingerprint density at radius 3 is 2.68 bits per heavy atom. The van der Waals surface area contributed by atoms with Gasteiger partial charge in [0.15, 0.2) is 5.79 Å². The minimum absolute atomic E-state index is 0.108. The van der Waals surface area contributed by atoms with E-state index in [1.165, 1.54) is 6.42 Å². The average molecular weight is 296 g/mol. The Morgan fingerprint density at radius 1 is 1.37 bits per heavy atom. The molecule has 112 valence electrons. The molecule has 1 spiro atoms. The highest BCUT2D eigenvalue weighted by Crippen LogP contribution is 2.38. The number of alkyl halides is 1. The van der Waals surface area contributed by atoms with Gasteiger partial charge in [0.1, 0.15) is 6.17 Å². The van der Waals surface area contributed by atoms with Gasteiger partial charge in [-0.2, -0.15) is 8.42 Å². The molecular formula is C12H21FO5S. The first-order chi connectivity index (χ1) is 8.89. The van der Waals surface area contributed by atoms with E-state index in [4.69, 9.17) is 9.47 Å². The summed E-state index contributed by atoms with van der Waals surface area (Å²) in [4.78, 5) is 0. The lowest BCUT2D eigenvalue weighted by molar-refractivity contribution is -0.188. The fraction of sp³-hybridized carbons (Fsp3) is 1.00. The smallest absolute Gasteiger partial charge is 0.264 e. The van der Waals surface area contributed by atoms with Crippen LogP contribution in [0.25, 0.3) is 0 Å². The number of ether oxygens (including phenoxy) is 2. The molecule has 1 heterocycles. The van der Waals surface area contributed by atoms with E-state index in [1.54, 1.807) is 0 Å². The monoisotopic (exact) mass is 296 g/mol. The molecule has 0 aromatic heterocycles. The average Bonchev–Trinajstić information content (AvgIpc) is 2.70. The molecule has 2 aliphatic rings. The van der Waals surface area contributed by atoms with Crippen LogP contribution in [0.4, 0.5) is 4.39 Å². The van der Waals surface area contributed by atoms with Crippen LogP contribution < -0.4 is 0 Å². The zero-order valence-corrected chi connectivity index (χ0v) is 12.0. The first-order valence-corrected chi connectivity index (χ1v) is 8.50. The molecule has 19 heavy (non-hydrogen) atoms. The van der Waals surface area contributed by atoms with Crippen molar-refractivity contribution in [1.29, 1.82) is 0 Å². The van der Waals surface area contributed by atoms with Gasteiger partial charge in [0.25, 0.3) is 10.1 Å². The predicted molar refractivity (Wildman–Crippen MR) is 66.9 cm³/mol. The SMILES string of the molecule is CS(=O)(=O)OCC(F)CC1COC2(CCCCC2)O1. The summed E-state index contributed by atoms with van der Waals surface area (Å²) in [5.41, 5.74) is 0. The van der Waals surface area contributed by atoms with Crippen LogP contribution in [0.1, 0.15) is 38.5 Å². The topological polar surface area (TPSA) is 61.8 Å². The highest BCUT2D eigenvalue weighted by atomic mass is 32.2. The van der Waals surface area contributed by atoms with Gasteiger partial charge in [0, 0.05) is 19.3 Å². The summed E-state index contributed by atoms with van der Waals surface area (Å²) in [6.45, 7) is -0.0784. The minimum Gasteiger partial charge on any atom is -0.347 e. The summed E-state index contributed by atoms with van der Waals surface area (Å²) in [5, 5.41) is 0. The summed E-state index contributed by atoms with van der Waals surface area (Å²) in [5.74, 6) is -0.514. The van der Waals surface area contributed by atoms with Crippen LogP contribution in [0.2, 0.25) is 0 Å². The van der Waals surface area contributed by atoms with Gasteiger partial charge in [0.05, 0.1) is 25.6 Å². The zero-order chi connectivity index (χ0) is 13.9. The lowest BCUT2D eigenvalue weighted by Crippen LogP contribution is -2.33. The first-order valence-electron chi connectivity index (χ1n) is 6.69. The van der Waals surface area contributed by atoms with Crippen LogP contribution in [-0.4, -0.2) is 46.0 Å². The van der Waals surface area contributed by atoms with Crippen LogP contribution in [0, 0.1) is 0 Å². The highest BCUT2D eigenvalue weighted by Gasteiger charge is 2.42. The lowest BCUT2D eigenvalue weighted by atomic mass is 9.94. The van der Waals surface area contributed by atoms with E-state index in [1.807, 2.05) is 0 Å². The molecule has 0 aromatic carbocycles. The molecule has 2 atom stereocenters. The Labute approximate surface area is 113 Å². The fourth-order valence-electron chi connectivity index (χ4n) is 2.64. The second kappa shape index (κ2) is 6.03. The third-order valence-corrected chi connectivity index (χ3v) is 4.07. The fourth-order valence-corrected chi connectivity index (χ4v) is 3.03. The van der Waals surface area contributed by atoms with Crippen molar-refractivity contribution in [1.82, 2.24) is 0 Å². The molecule has 0 radical (unpaired) electrons. The van der Waals surface area contributed by atoms with Crippen molar-refractivity contribution in [2.24, 2.45) is 0 Å². The van der Waals surface area contributed by atoms with Gasteiger partial charge in [-0.15, -0.1) is 0 Å². The number of halogens is 1. The number of hydrogen-bond acceptors (Lipinski definition) is 5. The number of rotatable bonds is 5. The van der Waals surface area contributed by atoms with Crippen molar-refractivity contribution in [2.75, 3.05) is 19.5 Å². The first kappa shape index (κ1) is 15.2. The quantitative estimate of drug-likeness (QED) is 0.724. The zero-order valence-electron chi connectivity index (χ0n) is 11.1. The molecule has 1 saturated heterocycles. The van der Waals surface area contributed by atoms with Crippen LogP contribution >= 0.6 is 0 Å². The van der Waals surface area contributed by atoms with Crippen LogP contribution in [-0.2, 0) is 23.8 Å². The molecule has 0 bridgehead atoms. The molecule has 1 aliphatic heterocycles. The summed E-state index contributed by atoms with van der Waals surface area (Å²) >= 11 is 0. The molecule has 5 nitrogen and oxygen atoms in total. The van der Waals surface area contributed by atoms with Crippen molar-refractivity contribution in [3.05, 3.63) is 0 Å². The van der Waals surface area contributed by atoms with E-state index in [2.05, 4.69) is 4.18 Å². The van der Waals surface area contributed by atoms with Gasteiger partial charge in [-0.25, -0.2) is 4.39 Å². The summed E-state index contributed by atoms with van der Waals surface area (Å²) in [6.07, 6.45) is 4.40. The van der Waals surface area contributed by atoms with Gasteiger partial charge in [0.2, 0.25) is 0 Å². The van der Waals surface area contributed by atoms with Crippen LogP contribution in [0.3, 0.4) is 0 Å². The lowest BCUT2D eigenvalue weighted by Gasteiger charge is -2.31. The maximum atomic E-state index is 13.6. The Balaban J connectivity index is 1.75. The molecular weight excluding hydrogens is 275 g/mol. The predicted octanol–water partition coefficient (Wildman–Crippen LogP) is 1.77. The largest absolute Gasteiger partial charge is 0.347 e. The molecule has 1 aliphatic carbocycles. The van der Waals surface area contributed by atoms with Crippen molar-refractivity contribution in [2.45, 2.75) is 56.6 Å². The van der Waals surface area contributed by atoms with E-state index < -0.39 is 28.7 Å². The molecule has 0 amide bonds. The third kappa shape index (κ3) is 4.66. The molecule has 0 N–H and O–H groups in total. The second-order valence-corrected chi connectivity index (χ2v) is 6.99. The molecule has 2 unspecified atom stereocenters. The second-order valence-electron chi connectivity index (χ2n) is 5.34. The van der Waals surface area contributed by atoms with Crippen LogP contribution in [0.5, 0.6) is 0 Å². The third-order valence-electron chi connectivity index (χ3n) is 3.51. The van der Waals surface area contributed by atoms with Crippen molar-refractivity contribution < 1.29 is 26.5 Å². The molecule has 0 aromatic rings. The molecule has 1 saturated carbocycles. The van der Waals surface area contributed by atoms with Crippen LogP contribution in [0.15, 0.2) is 0 Å². The standard InChI is InChI=1S/C12H21FO5S/c1-19(14,15)17-8-10(13)7-11-9-16-12(18-11)5-3-2-4-6-12/h10-11H,2-9H2,1H3. The summed E-state index contributed by atoms with van der Waals surface area (Å²) in [7, 11) is -3.59. The molecule has 7 heteroatoms. The van der Waals surface area contributed by atoms with Crippen molar-refractivity contribution in [3.8, 4) is 0 Å². The van der Waals surface area contributed by atoms with E-state index >= 15 is 0 Å². The van der Waals surface area contributed by atoms with Gasteiger partial charge in [-0.3, -0.25) is 4.18 Å². The van der Waals surface area contributed by atoms with Gasteiger partial charge in [-0.1, -0.05) is 6.42 Å². The minimum atomic E-state index is -3.59. The van der Waals surface area contributed by atoms with E-state index in [-0.39, 0.29) is 12.5 Å². The maximum absolute atomic E-state index is 13.6. The summed E-state index contributed by atoms with van der Waals surface area (Å²) < 4.78 is 51.1. The van der Waals surface area contributed by atoms with Gasteiger partial charge >= 0.3 is 0 Å². The Kier molecular flexibility index (Phi) is 4.81. The van der Waals surface area contributed by atoms with E-state index in [0.29, 0.717) is 6.61 Å². The van der Waals surface area contributed by atoms with E-state index in [9.17, 15) is 12.8 Å². The Morgan fingerprint density at radius 2 is 2.05 bits per heavy atom. The van der Waals surface area contributed by atoms with Crippen molar-refractivity contribution in [3.63, 3.8) is 0 Å². The molecule has 2 fully saturated rings. The maximum Gasteiger partial charge on any atom is 0.264 e. The number of hydrogen-bond donors (Lipinski definition) is 0. The Hall–Kier alpha value is -0.240. The van der Waals surface area contributed by atoms with E-state index in [0.717, 1.165) is 31.9 Å².